The summed E-state index contributed by atoms with van der Waals surface area (Å²) in [6.07, 6.45) is 4.05. The van der Waals surface area contributed by atoms with E-state index in [1.807, 2.05) is 24.3 Å². The van der Waals surface area contributed by atoms with Gasteiger partial charge in [0.1, 0.15) is 0 Å². The standard InChI is InChI=1S/C21H22ClNO/c22-19-8-6-18(7-9-19)21(12-13-21)20(24)23-14-10-17(11-15-23)16-4-2-1-3-5-16/h1-9,17H,10-15H2. The van der Waals surface area contributed by atoms with Gasteiger partial charge in [0.15, 0.2) is 0 Å². The highest BCUT2D eigenvalue weighted by Crippen LogP contribution is 2.50. The molecule has 24 heavy (non-hydrogen) atoms. The summed E-state index contributed by atoms with van der Waals surface area (Å²) in [6, 6.07) is 18.5. The van der Waals surface area contributed by atoms with Gasteiger partial charge in [-0.15, -0.1) is 0 Å². The lowest BCUT2D eigenvalue weighted by Crippen LogP contribution is -2.43. The molecule has 1 aliphatic heterocycles. The molecule has 2 fully saturated rings. The molecular weight excluding hydrogens is 318 g/mol. The Bertz CT molecular complexity index is 713. The van der Waals surface area contributed by atoms with Crippen LogP contribution in [-0.4, -0.2) is 23.9 Å². The third-order valence-corrected chi connectivity index (χ3v) is 5.86. The molecule has 0 atom stereocenters. The molecule has 0 radical (unpaired) electrons. The van der Waals surface area contributed by atoms with Crippen LogP contribution in [-0.2, 0) is 10.2 Å². The normalized spacial score (nSPS) is 20.0. The van der Waals surface area contributed by atoms with Crippen LogP contribution in [0.1, 0.15) is 42.7 Å². The second kappa shape index (κ2) is 6.25. The molecule has 0 unspecified atom stereocenters. The Balaban J connectivity index is 1.44. The van der Waals surface area contributed by atoms with Gasteiger partial charge in [-0.2, -0.15) is 0 Å². The van der Waals surface area contributed by atoms with Crippen LogP contribution < -0.4 is 0 Å². The van der Waals surface area contributed by atoms with Crippen molar-refractivity contribution < 1.29 is 4.79 Å². The van der Waals surface area contributed by atoms with E-state index in [4.69, 9.17) is 11.6 Å². The lowest BCUT2D eigenvalue weighted by molar-refractivity contribution is -0.135. The molecule has 0 spiro atoms. The van der Waals surface area contributed by atoms with E-state index in [0.717, 1.165) is 49.4 Å². The van der Waals surface area contributed by atoms with Crippen LogP contribution >= 0.6 is 11.6 Å². The van der Waals surface area contributed by atoms with Crippen LogP contribution in [0.3, 0.4) is 0 Å². The highest BCUT2D eigenvalue weighted by molar-refractivity contribution is 6.30. The van der Waals surface area contributed by atoms with Crippen molar-refractivity contribution in [1.29, 1.82) is 0 Å². The quantitative estimate of drug-likeness (QED) is 0.788. The first-order valence-corrected chi connectivity index (χ1v) is 9.17. The van der Waals surface area contributed by atoms with E-state index < -0.39 is 0 Å². The molecule has 2 aromatic carbocycles. The Kier molecular flexibility index (Phi) is 4.09. The first-order valence-electron chi connectivity index (χ1n) is 8.79. The number of halogens is 1. The monoisotopic (exact) mass is 339 g/mol. The van der Waals surface area contributed by atoms with Gasteiger partial charge < -0.3 is 4.90 Å². The van der Waals surface area contributed by atoms with Crippen molar-refractivity contribution in [3.63, 3.8) is 0 Å². The van der Waals surface area contributed by atoms with Crippen LogP contribution in [0.15, 0.2) is 54.6 Å². The predicted molar refractivity (Wildman–Crippen MR) is 97.4 cm³/mol. The maximum absolute atomic E-state index is 13.1. The molecule has 2 aliphatic rings. The number of likely N-dealkylation sites (tertiary alicyclic amines) is 1. The molecule has 124 valence electrons. The lowest BCUT2D eigenvalue weighted by Gasteiger charge is -2.34. The number of benzene rings is 2. The average molecular weight is 340 g/mol. The van der Waals surface area contributed by atoms with E-state index in [1.165, 1.54) is 5.56 Å². The summed E-state index contributed by atoms with van der Waals surface area (Å²) in [5.74, 6) is 0.900. The van der Waals surface area contributed by atoms with Gasteiger partial charge in [0, 0.05) is 18.1 Å². The van der Waals surface area contributed by atoms with E-state index in [1.54, 1.807) is 0 Å². The third kappa shape index (κ3) is 2.84. The predicted octanol–water partition coefficient (Wildman–Crippen LogP) is 4.78. The molecule has 3 heteroatoms. The van der Waals surface area contributed by atoms with Crippen LogP contribution in [0.5, 0.6) is 0 Å². The fourth-order valence-electron chi connectivity index (χ4n) is 3.96. The number of rotatable bonds is 3. The van der Waals surface area contributed by atoms with Crippen molar-refractivity contribution in [1.82, 2.24) is 4.90 Å². The Hall–Kier alpha value is -1.80. The van der Waals surface area contributed by atoms with Crippen LogP contribution in [0.2, 0.25) is 5.02 Å². The minimum atomic E-state index is -0.274. The number of amides is 1. The molecule has 1 aliphatic carbocycles. The molecule has 2 nitrogen and oxygen atoms in total. The average Bonchev–Trinajstić information content (AvgIpc) is 3.44. The summed E-state index contributed by atoms with van der Waals surface area (Å²) < 4.78 is 0. The molecule has 1 amide bonds. The Labute approximate surface area is 148 Å². The van der Waals surface area contributed by atoms with Gasteiger partial charge in [0.25, 0.3) is 0 Å². The summed E-state index contributed by atoms with van der Waals surface area (Å²) in [5.41, 5.74) is 2.26. The summed E-state index contributed by atoms with van der Waals surface area (Å²) in [4.78, 5) is 15.2. The SMILES string of the molecule is O=C(N1CCC(c2ccccc2)CC1)C1(c2ccc(Cl)cc2)CC1. The zero-order chi connectivity index (χ0) is 16.6. The molecule has 1 saturated carbocycles. The third-order valence-electron chi connectivity index (χ3n) is 5.61. The number of carbonyl (C=O) groups excluding carboxylic acids is 1. The van der Waals surface area contributed by atoms with E-state index in [-0.39, 0.29) is 5.41 Å². The molecule has 1 saturated heterocycles. The van der Waals surface area contributed by atoms with E-state index in [9.17, 15) is 4.79 Å². The van der Waals surface area contributed by atoms with Crippen molar-refractivity contribution in [3.05, 3.63) is 70.7 Å². The summed E-state index contributed by atoms with van der Waals surface area (Å²) in [7, 11) is 0. The number of hydrogen-bond donors (Lipinski definition) is 0. The van der Waals surface area contributed by atoms with Crippen molar-refractivity contribution in [3.8, 4) is 0 Å². The summed E-state index contributed by atoms with van der Waals surface area (Å²) in [5, 5.41) is 0.727. The zero-order valence-corrected chi connectivity index (χ0v) is 14.5. The first-order chi connectivity index (χ1) is 11.7. The van der Waals surface area contributed by atoms with Gasteiger partial charge in [0.05, 0.1) is 5.41 Å². The number of nitrogens with zero attached hydrogens (tertiary/aromatic N) is 1. The minimum Gasteiger partial charge on any atom is -0.342 e. The van der Waals surface area contributed by atoms with Crippen LogP contribution in [0.25, 0.3) is 0 Å². The molecule has 0 N–H and O–H groups in total. The second-order valence-corrected chi connectivity index (χ2v) is 7.50. The Morgan fingerprint density at radius 2 is 1.58 bits per heavy atom. The highest BCUT2D eigenvalue weighted by Gasteiger charge is 2.53. The van der Waals surface area contributed by atoms with Crippen molar-refractivity contribution in [2.24, 2.45) is 0 Å². The maximum Gasteiger partial charge on any atom is 0.233 e. The Morgan fingerprint density at radius 3 is 2.17 bits per heavy atom. The molecule has 1 heterocycles. The minimum absolute atomic E-state index is 0.274. The summed E-state index contributed by atoms with van der Waals surface area (Å²) in [6.45, 7) is 1.74. The molecule has 4 rings (SSSR count). The zero-order valence-electron chi connectivity index (χ0n) is 13.7. The van der Waals surface area contributed by atoms with Gasteiger partial charge in [-0.25, -0.2) is 0 Å². The fourth-order valence-corrected chi connectivity index (χ4v) is 4.09. The van der Waals surface area contributed by atoms with Crippen LogP contribution in [0, 0.1) is 0 Å². The van der Waals surface area contributed by atoms with Crippen molar-refractivity contribution in [2.75, 3.05) is 13.1 Å². The van der Waals surface area contributed by atoms with E-state index >= 15 is 0 Å². The molecule has 0 bridgehead atoms. The summed E-state index contributed by atoms with van der Waals surface area (Å²) >= 11 is 5.99. The lowest BCUT2D eigenvalue weighted by atomic mass is 9.88. The topological polar surface area (TPSA) is 20.3 Å². The van der Waals surface area contributed by atoms with Crippen molar-refractivity contribution >= 4 is 17.5 Å². The Morgan fingerprint density at radius 1 is 0.958 bits per heavy atom. The van der Waals surface area contributed by atoms with Crippen LogP contribution in [0.4, 0.5) is 0 Å². The first kappa shape index (κ1) is 15.7. The second-order valence-electron chi connectivity index (χ2n) is 7.07. The maximum atomic E-state index is 13.1. The van der Waals surface area contributed by atoms with E-state index in [2.05, 4.69) is 35.2 Å². The number of hydrogen-bond acceptors (Lipinski definition) is 1. The fraction of sp³-hybridized carbons (Fsp3) is 0.381. The number of piperidine rings is 1. The number of carbonyl (C=O) groups is 1. The molecular formula is C21H22ClNO. The van der Waals surface area contributed by atoms with Gasteiger partial charge in [-0.3, -0.25) is 4.79 Å². The smallest absolute Gasteiger partial charge is 0.233 e. The highest BCUT2D eigenvalue weighted by atomic mass is 35.5. The molecule has 0 aromatic heterocycles. The van der Waals surface area contributed by atoms with E-state index in [0.29, 0.717) is 11.8 Å². The van der Waals surface area contributed by atoms with Crippen molar-refractivity contribution in [2.45, 2.75) is 37.0 Å². The van der Waals surface area contributed by atoms with Gasteiger partial charge in [-0.05, 0) is 54.9 Å². The largest absolute Gasteiger partial charge is 0.342 e. The van der Waals surface area contributed by atoms with Gasteiger partial charge in [-0.1, -0.05) is 54.1 Å². The van der Waals surface area contributed by atoms with Gasteiger partial charge >= 0.3 is 0 Å². The van der Waals surface area contributed by atoms with Gasteiger partial charge in [0.2, 0.25) is 5.91 Å². The molecule has 2 aromatic rings.